The molecule has 0 aliphatic rings. The first-order valence-electron chi connectivity index (χ1n) is 10.2. The molecule has 0 fully saturated rings. The standard InChI is InChI=1S/C25H26N2O5/c1-15-21(9-8-19(22(15)29)20(28)13-25(2,3)4)32-14-18-10-11-26-23(27-18)16-6-5-7-17(12-16)24(30)31/h5-12,29H,13-14H2,1-4H3,(H,30,31). The second-order valence-electron chi connectivity index (χ2n) is 8.79. The van der Waals surface area contributed by atoms with Gasteiger partial charge in [0.2, 0.25) is 0 Å². The molecular weight excluding hydrogens is 408 g/mol. The highest BCUT2D eigenvalue weighted by Crippen LogP contribution is 2.33. The number of ketones is 1. The quantitative estimate of drug-likeness (QED) is 0.501. The van der Waals surface area contributed by atoms with Crippen LogP contribution in [0.2, 0.25) is 0 Å². The van der Waals surface area contributed by atoms with Crippen LogP contribution in [0.5, 0.6) is 11.5 Å². The van der Waals surface area contributed by atoms with Crippen LogP contribution in [0.15, 0.2) is 48.7 Å². The maximum Gasteiger partial charge on any atom is 0.335 e. The third kappa shape index (κ3) is 5.49. The lowest BCUT2D eigenvalue weighted by Gasteiger charge is -2.18. The van der Waals surface area contributed by atoms with Crippen molar-refractivity contribution in [2.24, 2.45) is 5.41 Å². The van der Waals surface area contributed by atoms with Gasteiger partial charge in [-0.15, -0.1) is 0 Å². The van der Waals surface area contributed by atoms with E-state index in [1.165, 1.54) is 12.1 Å². The molecule has 0 saturated carbocycles. The second kappa shape index (κ2) is 9.18. The Morgan fingerprint density at radius 2 is 1.84 bits per heavy atom. The third-order valence-corrected chi connectivity index (χ3v) is 4.83. The van der Waals surface area contributed by atoms with Gasteiger partial charge in [-0.3, -0.25) is 4.79 Å². The van der Waals surface area contributed by atoms with E-state index >= 15 is 0 Å². The average Bonchev–Trinajstić information content (AvgIpc) is 2.73. The number of rotatable bonds is 7. The molecule has 0 aliphatic heterocycles. The van der Waals surface area contributed by atoms with Crippen LogP contribution in [0.1, 0.15) is 59.2 Å². The highest BCUT2D eigenvalue weighted by molar-refractivity contribution is 5.99. The number of aromatic nitrogens is 2. The summed E-state index contributed by atoms with van der Waals surface area (Å²) in [6.07, 6.45) is 1.90. The van der Waals surface area contributed by atoms with Crippen molar-refractivity contribution in [3.63, 3.8) is 0 Å². The number of phenols is 1. The Morgan fingerprint density at radius 3 is 2.53 bits per heavy atom. The molecule has 0 atom stereocenters. The molecular formula is C25H26N2O5. The van der Waals surface area contributed by atoms with E-state index in [1.54, 1.807) is 43.5 Å². The number of Topliss-reactive ketones (excluding diaryl/α,β-unsaturated/α-hetero) is 1. The number of hydrogen-bond acceptors (Lipinski definition) is 6. The zero-order valence-electron chi connectivity index (χ0n) is 18.5. The molecule has 3 aromatic rings. The normalized spacial score (nSPS) is 11.2. The van der Waals surface area contributed by atoms with E-state index < -0.39 is 5.97 Å². The summed E-state index contributed by atoms with van der Waals surface area (Å²) in [6, 6.07) is 11.3. The van der Waals surface area contributed by atoms with Crippen LogP contribution in [0.25, 0.3) is 11.4 Å². The number of carbonyl (C=O) groups excluding carboxylic acids is 1. The summed E-state index contributed by atoms with van der Waals surface area (Å²) in [5.41, 5.74) is 1.91. The lowest BCUT2D eigenvalue weighted by molar-refractivity contribution is 0.0696. The van der Waals surface area contributed by atoms with Crippen molar-refractivity contribution < 1.29 is 24.5 Å². The fourth-order valence-electron chi connectivity index (χ4n) is 3.20. The first-order valence-corrected chi connectivity index (χ1v) is 10.2. The summed E-state index contributed by atoms with van der Waals surface area (Å²) < 4.78 is 5.84. The molecule has 32 heavy (non-hydrogen) atoms. The lowest BCUT2D eigenvalue weighted by Crippen LogP contribution is -2.13. The number of aromatic hydroxyl groups is 1. The number of carboxylic acids is 1. The average molecular weight is 434 g/mol. The minimum atomic E-state index is -1.02. The Balaban J connectivity index is 1.77. The summed E-state index contributed by atoms with van der Waals surface area (Å²) in [6.45, 7) is 7.73. The van der Waals surface area contributed by atoms with Gasteiger partial charge in [0.25, 0.3) is 0 Å². The van der Waals surface area contributed by atoms with Crippen LogP contribution in [0.3, 0.4) is 0 Å². The van der Waals surface area contributed by atoms with Gasteiger partial charge in [0, 0.05) is 23.7 Å². The molecule has 0 saturated heterocycles. The van der Waals surface area contributed by atoms with Crippen LogP contribution in [0, 0.1) is 12.3 Å². The summed E-state index contributed by atoms with van der Waals surface area (Å²) >= 11 is 0. The molecule has 0 aliphatic carbocycles. The summed E-state index contributed by atoms with van der Waals surface area (Å²) in [5.74, 6) is -0.384. The fourth-order valence-corrected chi connectivity index (χ4v) is 3.20. The number of ether oxygens (including phenoxy) is 1. The second-order valence-corrected chi connectivity index (χ2v) is 8.79. The third-order valence-electron chi connectivity index (χ3n) is 4.83. The number of aromatic carboxylic acids is 1. The summed E-state index contributed by atoms with van der Waals surface area (Å²) in [7, 11) is 0. The molecule has 7 nitrogen and oxygen atoms in total. The van der Waals surface area contributed by atoms with Gasteiger partial charge in [-0.05, 0) is 42.7 Å². The molecule has 0 radical (unpaired) electrons. The molecule has 0 spiro atoms. The van der Waals surface area contributed by atoms with E-state index in [0.29, 0.717) is 34.8 Å². The molecule has 166 valence electrons. The van der Waals surface area contributed by atoms with E-state index in [9.17, 15) is 19.8 Å². The van der Waals surface area contributed by atoms with E-state index in [2.05, 4.69) is 9.97 Å². The van der Waals surface area contributed by atoms with Crippen LogP contribution >= 0.6 is 0 Å². The van der Waals surface area contributed by atoms with Crippen molar-refractivity contribution in [1.29, 1.82) is 0 Å². The monoisotopic (exact) mass is 434 g/mol. The number of hydrogen-bond donors (Lipinski definition) is 2. The predicted molar refractivity (Wildman–Crippen MR) is 120 cm³/mol. The van der Waals surface area contributed by atoms with Crippen LogP contribution in [-0.2, 0) is 6.61 Å². The van der Waals surface area contributed by atoms with Gasteiger partial charge in [0.05, 0.1) is 16.8 Å². The molecule has 7 heteroatoms. The Hall–Kier alpha value is -3.74. The SMILES string of the molecule is Cc1c(OCc2ccnc(-c3cccc(C(=O)O)c3)n2)ccc(C(=O)CC(C)(C)C)c1O. The van der Waals surface area contributed by atoms with Crippen molar-refractivity contribution in [3.05, 3.63) is 71.0 Å². The van der Waals surface area contributed by atoms with Crippen LogP contribution < -0.4 is 4.74 Å². The first-order chi connectivity index (χ1) is 15.0. The van der Waals surface area contributed by atoms with Gasteiger partial charge < -0.3 is 14.9 Å². The molecule has 1 aromatic heterocycles. The van der Waals surface area contributed by atoms with Gasteiger partial charge in [-0.2, -0.15) is 0 Å². The molecule has 0 amide bonds. The van der Waals surface area contributed by atoms with E-state index in [0.717, 1.165) is 0 Å². The zero-order valence-corrected chi connectivity index (χ0v) is 18.5. The molecule has 0 bridgehead atoms. The van der Waals surface area contributed by atoms with Crippen molar-refractivity contribution >= 4 is 11.8 Å². The van der Waals surface area contributed by atoms with Crippen molar-refractivity contribution in [3.8, 4) is 22.9 Å². The lowest BCUT2D eigenvalue weighted by atomic mass is 9.87. The predicted octanol–water partition coefficient (Wildman–Crippen LogP) is 5.05. The number of phenolic OH excluding ortho intramolecular Hbond substituents is 1. The Kier molecular flexibility index (Phi) is 6.58. The van der Waals surface area contributed by atoms with Crippen molar-refractivity contribution in [1.82, 2.24) is 9.97 Å². The topological polar surface area (TPSA) is 110 Å². The van der Waals surface area contributed by atoms with Gasteiger partial charge in [-0.1, -0.05) is 32.9 Å². The molecule has 1 heterocycles. The van der Waals surface area contributed by atoms with Gasteiger partial charge in [0.1, 0.15) is 18.1 Å². The van der Waals surface area contributed by atoms with Crippen LogP contribution in [0.4, 0.5) is 0 Å². The Morgan fingerprint density at radius 1 is 1.09 bits per heavy atom. The molecule has 3 rings (SSSR count). The van der Waals surface area contributed by atoms with Gasteiger partial charge in [-0.25, -0.2) is 14.8 Å². The summed E-state index contributed by atoms with van der Waals surface area (Å²) in [5, 5.41) is 19.7. The number of carbonyl (C=O) groups is 2. The first kappa shape index (κ1) is 22.9. The highest BCUT2D eigenvalue weighted by Gasteiger charge is 2.21. The van der Waals surface area contributed by atoms with Crippen molar-refractivity contribution in [2.45, 2.75) is 40.7 Å². The van der Waals surface area contributed by atoms with Crippen LogP contribution in [-0.4, -0.2) is 31.9 Å². The van der Waals surface area contributed by atoms with E-state index in [4.69, 9.17) is 4.74 Å². The smallest absolute Gasteiger partial charge is 0.335 e. The van der Waals surface area contributed by atoms with Gasteiger partial charge >= 0.3 is 5.97 Å². The number of carboxylic acid groups (broad SMARTS) is 1. The zero-order chi connectivity index (χ0) is 23.5. The highest BCUT2D eigenvalue weighted by atomic mass is 16.5. The summed E-state index contributed by atoms with van der Waals surface area (Å²) in [4.78, 5) is 32.4. The minimum absolute atomic E-state index is 0.0781. The Labute approximate surface area is 186 Å². The number of nitrogens with zero attached hydrogens (tertiary/aromatic N) is 2. The minimum Gasteiger partial charge on any atom is -0.507 e. The molecule has 0 unspecified atom stereocenters. The van der Waals surface area contributed by atoms with E-state index in [-0.39, 0.29) is 34.7 Å². The maximum atomic E-state index is 12.5. The molecule has 2 N–H and O–H groups in total. The van der Waals surface area contributed by atoms with E-state index in [1.807, 2.05) is 20.8 Å². The largest absolute Gasteiger partial charge is 0.507 e. The number of benzene rings is 2. The fraction of sp³-hybridized carbons (Fsp3) is 0.280. The maximum absolute atomic E-state index is 12.5. The van der Waals surface area contributed by atoms with Gasteiger partial charge in [0.15, 0.2) is 11.6 Å². The molecule has 2 aromatic carbocycles. The van der Waals surface area contributed by atoms with Crippen molar-refractivity contribution in [2.75, 3.05) is 0 Å². The Bertz CT molecular complexity index is 1170.